The Kier molecular flexibility index (Phi) is 3.12. The largest absolute Gasteiger partial charge is 0.459 e. The summed E-state index contributed by atoms with van der Waals surface area (Å²) in [5.41, 5.74) is -0.146. The molecule has 0 aromatic rings. The van der Waals surface area contributed by atoms with Gasteiger partial charge in [0, 0.05) is 12.3 Å². The molecule has 0 N–H and O–H groups in total. The van der Waals surface area contributed by atoms with Crippen LogP contribution < -0.4 is 0 Å². The van der Waals surface area contributed by atoms with E-state index in [0.717, 1.165) is 12.8 Å². The summed E-state index contributed by atoms with van der Waals surface area (Å²) in [6.45, 7) is 8.01. The molecule has 0 spiro atoms. The van der Waals surface area contributed by atoms with Crippen molar-refractivity contribution in [2.45, 2.75) is 52.6 Å². The molecule has 0 unspecified atom stereocenters. The third-order valence-electron chi connectivity index (χ3n) is 4.58. The summed E-state index contributed by atoms with van der Waals surface area (Å²) in [7, 11) is 0. The molecule has 1 saturated carbocycles. The number of carbonyl (C=O) groups excluding carboxylic acids is 2. The summed E-state index contributed by atoms with van der Waals surface area (Å²) in [5, 5.41) is 0. The molecule has 0 bridgehead atoms. The molecule has 1 aliphatic heterocycles. The maximum Gasteiger partial charge on any atom is 0.306 e. The van der Waals surface area contributed by atoms with Gasteiger partial charge in [0.2, 0.25) is 0 Å². The summed E-state index contributed by atoms with van der Waals surface area (Å²) in [4.78, 5) is 22.4. The van der Waals surface area contributed by atoms with Crippen LogP contribution in [-0.2, 0) is 14.3 Å². The Balaban J connectivity index is 2.15. The van der Waals surface area contributed by atoms with Crippen LogP contribution >= 0.6 is 0 Å². The molecule has 1 aliphatic carbocycles. The van der Waals surface area contributed by atoms with Gasteiger partial charge in [-0.15, -0.1) is 0 Å². The van der Waals surface area contributed by atoms with Crippen LogP contribution in [0.15, 0.2) is 12.2 Å². The number of esters is 1. The average Bonchev–Trinajstić information content (AvgIpc) is 2.56. The highest BCUT2D eigenvalue weighted by molar-refractivity contribution is 5.87. The minimum absolute atomic E-state index is 0.0741. The molecule has 2 fully saturated rings. The molecular formula is C15H22O3. The molecule has 1 heterocycles. The zero-order valence-corrected chi connectivity index (χ0v) is 11.7. The van der Waals surface area contributed by atoms with E-state index in [2.05, 4.69) is 13.8 Å². The molecule has 100 valence electrons. The highest BCUT2D eigenvalue weighted by Crippen LogP contribution is 2.58. The number of rotatable bonds is 3. The predicted octanol–water partition coefficient (Wildman–Crippen LogP) is 2.89. The summed E-state index contributed by atoms with van der Waals surface area (Å²) in [6, 6.07) is 0. The van der Waals surface area contributed by atoms with Crippen molar-refractivity contribution in [3.8, 4) is 0 Å². The van der Waals surface area contributed by atoms with E-state index in [1.807, 2.05) is 13.0 Å². The molecule has 0 aromatic carbocycles. The first-order valence-corrected chi connectivity index (χ1v) is 6.65. The number of ketones is 1. The third-order valence-corrected chi connectivity index (χ3v) is 4.58. The Hall–Kier alpha value is -1.12. The molecule has 0 aromatic heterocycles. The molecule has 2 rings (SSSR count). The monoisotopic (exact) mass is 250 g/mol. The second-order valence-electron chi connectivity index (χ2n) is 6.58. The standard InChI is InChI=1S/C15H22O3/c1-10(16)5-6-11-12(9-14(11,2)3)15(4)8-7-13(17)18-15/h5-6,11-12H,7-9H2,1-4H3/b6-5+/t11-,12+,15+/m1/s1. The van der Waals surface area contributed by atoms with Gasteiger partial charge in [0.15, 0.2) is 5.78 Å². The van der Waals surface area contributed by atoms with Crippen LogP contribution in [0.2, 0.25) is 0 Å². The van der Waals surface area contributed by atoms with Crippen molar-refractivity contribution in [3.05, 3.63) is 12.2 Å². The van der Waals surface area contributed by atoms with Crippen molar-refractivity contribution in [2.24, 2.45) is 17.3 Å². The molecule has 3 nitrogen and oxygen atoms in total. The molecule has 3 heteroatoms. The Labute approximate surface area is 109 Å². The van der Waals surface area contributed by atoms with Crippen molar-refractivity contribution in [1.82, 2.24) is 0 Å². The minimum atomic E-state index is -0.335. The number of hydrogen-bond donors (Lipinski definition) is 0. The van der Waals surface area contributed by atoms with Crippen LogP contribution in [0.3, 0.4) is 0 Å². The second-order valence-corrected chi connectivity index (χ2v) is 6.58. The molecule has 2 aliphatic rings. The first-order valence-electron chi connectivity index (χ1n) is 6.65. The quantitative estimate of drug-likeness (QED) is 0.571. The van der Waals surface area contributed by atoms with Gasteiger partial charge in [0.25, 0.3) is 0 Å². The van der Waals surface area contributed by atoms with Gasteiger partial charge in [-0.25, -0.2) is 0 Å². The molecule has 1 saturated heterocycles. The Bertz CT molecular complexity index is 408. The van der Waals surface area contributed by atoms with Crippen molar-refractivity contribution in [2.75, 3.05) is 0 Å². The smallest absolute Gasteiger partial charge is 0.306 e. The van der Waals surface area contributed by atoms with Crippen LogP contribution in [0, 0.1) is 17.3 Å². The summed E-state index contributed by atoms with van der Waals surface area (Å²) < 4.78 is 5.53. The molecule has 18 heavy (non-hydrogen) atoms. The highest BCUT2D eigenvalue weighted by Gasteiger charge is 2.56. The molecular weight excluding hydrogens is 228 g/mol. The third kappa shape index (κ3) is 2.23. The van der Waals surface area contributed by atoms with E-state index in [0.29, 0.717) is 18.3 Å². The first-order chi connectivity index (χ1) is 8.24. The predicted molar refractivity (Wildman–Crippen MR) is 68.9 cm³/mol. The fraction of sp³-hybridized carbons (Fsp3) is 0.733. The second kappa shape index (κ2) is 4.22. The van der Waals surface area contributed by atoms with Crippen molar-refractivity contribution in [1.29, 1.82) is 0 Å². The first kappa shape index (κ1) is 13.3. The van der Waals surface area contributed by atoms with Crippen molar-refractivity contribution in [3.63, 3.8) is 0 Å². The average molecular weight is 250 g/mol. The fourth-order valence-electron chi connectivity index (χ4n) is 3.42. The minimum Gasteiger partial charge on any atom is -0.459 e. The Morgan fingerprint density at radius 3 is 2.50 bits per heavy atom. The normalized spacial score (nSPS) is 38.6. The number of ether oxygens (including phenoxy) is 1. The number of carbonyl (C=O) groups is 2. The zero-order chi connectivity index (χ0) is 13.6. The number of allylic oxidation sites excluding steroid dienone is 2. The SMILES string of the molecule is CC(=O)/C=C/[C@@H]1[C@@H]([C@]2(C)CCC(=O)O2)CC1(C)C. The lowest BCUT2D eigenvalue weighted by Gasteiger charge is -2.55. The van der Waals surface area contributed by atoms with Gasteiger partial charge in [-0.2, -0.15) is 0 Å². The lowest BCUT2D eigenvalue weighted by Crippen LogP contribution is -2.53. The van der Waals surface area contributed by atoms with Crippen LogP contribution in [0.1, 0.15) is 47.0 Å². The van der Waals surface area contributed by atoms with E-state index in [1.54, 1.807) is 13.0 Å². The Morgan fingerprint density at radius 1 is 1.39 bits per heavy atom. The maximum atomic E-state index is 11.3. The van der Waals surface area contributed by atoms with Gasteiger partial charge in [0.1, 0.15) is 5.60 Å². The summed E-state index contributed by atoms with van der Waals surface area (Å²) in [5.74, 6) is 0.647. The lowest BCUT2D eigenvalue weighted by molar-refractivity contribution is -0.166. The van der Waals surface area contributed by atoms with Crippen molar-refractivity contribution < 1.29 is 14.3 Å². The van der Waals surface area contributed by atoms with Gasteiger partial charge in [-0.3, -0.25) is 9.59 Å². The van der Waals surface area contributed by atoms with Gasteiger partial charge in [-0.1, -0.05) is 19.9 Å². The number of hydrogen-bond acceptors (Lipinski definition) is 3. The van der Waals surface area contributed by atoms with Gasteiger partial charge >= 0.3 is 5.97 Å². The molecule has 3 atom stereocenters. The van der Waals surface area contributed by atoms with E-state index in [9.17, 15) is 9.59 Å². The molecule has 0 radical (unpaired) electrons. The summed E-state index contributed by atoms with van der Waals surface area (Å²) >= 11 is 0. The van der Waals surface area contributed by atoms with E-state index < -0.39 is 0 Å². The number of cyclic esters (lactones) is 1. The van der Waals surface area contributed by atoms with Crippen molar-refractivity contribution >= 4 is 11.8 Å². The maximum absolute atomic E-state index is 11.3. The van der Waals surface area contributed by atoms with Crippen LogP contribution in [0.4, 0.5) is 0 Å². The zero-order valence-electron chi connectivity index (χ0n) is 11.7. The van der Waals surface area contributed by atoms with Gasteiger partial charge < -0.3 is 4.74 Å². The summed E-state index contributed by atoms with van der Waals surface area (Å²) in [6.07, 6.45) is 6.03. The van der Waals surface area contributed by atoms with E-state index in [1.165, 1.54) is 0 Å². The van der Waals surface area contributed by atoms with E-state index in [-0.39, 0.29) is 22.8 Å². The van der Waals surface area contributed by atoms with Gasteiger partial charge in [-0.05, 0) is 44.1 Å². The van der Waals surface area contributed by atoms with Crippen LogP contribution in [0.5, 0.6) is 0 Å². The van der Waals surface area contributed by atoms with Crippen LogP contribution in [0.25, 0.3) is 0 Å². The fourth-order valence-corrected chi connectivity index (χ4v) is 3.42. The molecule has 0 amide bonds. The van der Waals surface area contributed by atoms with Gasteiger partial charge in [0.05, 0.1) is 0 Å². The topological polar surface area (TPSA) is 43.4 Å². The lowest BCUT2D eigenvalue weighted by atomic mass is 9.51. The highest BCUT2D eigenvalue weighted by atomic mass is 16.6. The Morgan fingerprint density at radius 2 is 2.06 bits per heavy atom. The van der Waals surface area contributed by atoms with Crippen LogP contribution in [-0.4, -0.2) is 17.4 Å². The van der Waals surface area contributed by atoms with E-state index >= 15 is 0 Å². The van der Waals surface area contributed by atoms with E-state index in [4.69, 9.17) is 4.74 Å².